The van der Waals surface area contributed by atoms with Gasteiger partial charge < -0.3 is 9.88 Å². The molecule has 6 rings (SSSR count). The summed E-state index contributed by atoms with van der Waals surface area (Å²) in [6.07, 6.45) is 13.4. The zero-order chi connectivity index (χ0) is 22.2. The Morgan fingerprint density at radius 3 is 2.58 bits per heavy atom. The van der Waals surface area contributed by atoms with Crippen molar-refractivity contribution in [3.8, 4) is 0 Å². The lowest BCUT2D eigenvalue weighted by Gasteiger charge is -2.39. The lowest BCUT2D eigenvalue weighted by Crippen LogP contribution is -2.47. The minimum Gasteiger partial charge on any atom is -0.346 e. The fraction of sp³-hybridized carbons (Fsp3) is 0.500. The lowest BCUT2D eigenvalue weighted by atomic mass is 9.85. The molecule has 0 radical (unpaired) electrons. The van der Waals surface area contributed by atoms with Crippen molar-refractivity contribution in [3.63, 3.8) is 0 Å². The van der Waals surface area contributed by atoms with Gasteiger partial charge in [-0.25, -0.2) is 4.98 Å². The molecular weight excluding hydrogens is 408 g/mol. The first-order valence-corrected chi connectivity index (χ1v) is 12.8. The Morgan fingerprint density at radius 2 is 1.76 bits per heavy atom. The SMILES string of the molecule is O=C(c1ccccc1CN1CCCCC1)N1[C@H]2CC[C@H]1CC(Cc1ccnc3[nH]ccc13)C2. The summed E-state index contributed by atoms with van der Waals surface area (Å²) in [4.78, 5) is 26.3. The van der Waals surface area contributed by atoms with Crippen molar-refractivity contribution in [1.82, 2.24) is 19.8 Å². The number of fused-ring (bicyclic) bond motifs is 3. The molecule has 0 spiro atoms. The van der Waals surface area contributed by atoms with Crippen LogP contribution in [0.4, 0.5) is 0 Å². The van der Waals surface area contributed by atoms with Gasteiger partial charge >= 0.3 is 0 Å². The molecular formula is C28H34N4O. The highest BCUT2D eigenvalue weighted by molar-refractivity contribution is 5.96. The molecule has 0 unspecified atom stereocenters. The van der Waals surface area contributed by atoms with Crippen molar-refractivity contribution in [1.29, 1.82) is 0 Å². The number of amides is 1. The van der Waals surface area contributed by atoms with Crippen LogP contribution in [-0.2, 0) is 13.0 Å². The summed E-state index contributed by atoms with van der Waals surface area (Å²) in [5.41, 5.74) is 4.50. The summed E-state index contributed by atoms with van der Waals surface area (Å²) in [7, 11) is 0. The van der Waals surface area contributed by atoms with Gasteiger partial charge in [0, 0.05) is 42.0 Å². The van der Waals surface area contributed by atoms with Crippen LogP contribution in [0.15, 0.2) is 48.8 Å². The fourth-order valence-electron chi connectivity index (χ4n) is 6.66. The number of hydrogen-bond acceptors (Lipinski definition) is 3. The van der Waals surface area contributed by atoms with Gasteiger partial charge in [0.05, 0.1) is 0 Å². The zero-order valence-corrected chi connectivity index (χ0v) is 19.4. The number of hydrogen-bond donors (Lipinski definition) is 1. The van der Waals surface area contributed by atoms with Crippen molar-refractivity contribution in [2.24, 2.45) is 5.92 Å². The van der Waals surface area contributed by atoms with E-state index in [4.69, 9.17) is 0 Å². The van der Waals surface area contributed by atoms with Crippen LogP contribution in [0.2, 0.25) is 0 Å². The molecule has 3 aliphatic heterocycles. The number of carbonyl (C=O) groups excluding carboxylic acids is 1. The third-order valence-electron chi connectivity index (χ3n) is 8.21. The number of likely N-dealkylation sites (tertiary alicyclic amines) is 1. The summed E-state index contributed by atoms with van der Waals surface area (Å²) < 4.78 is 0. The summed E-state index contributed by atoms with van der Waals surface area (Å²) in [5, 5.41) is 1.25. The molecule has 0 aliphatic carbocycles. The van der Waals surface area contributed by atoms with Crippen molar-refractivity contribution >= 4 is 16.9 Å². The monoisotopic (exact) mass is 442 g/mol. The first-order valence-electron chi connectivity index (χ1n) is 12.8. The third-order valence-corrected chi connectivity index (χ3v) is 8.21. The van der Waals surface area contributed by atoms with Gasteiger partial charge in [-0.1, -0.05) is 24.6 Å². The van der Waals surface area contributed by atoms with Gasteiger partial charge in [0.1, 0.15) is 5.65 Å². The maximum atomic E-state index is 13.8. The second-order valence-corrected chi connectivity index (χ2v) is 10.3. The average Bonchev–Trinajstić information content (AvgIpc) is 3.43. The summed E-state index contributed by atoms with van der Waals surface area (Å²) in [6.45, 7) is 3.22. The number of benzene rings is 1. The van der Waals surface area contributed by atoms with Crippen LogP contribution in [0.3, 0.4) is 0 Å². The molecule has 5 nitrogen and oxygen atoms in total. The maximum Gasteiger partial charge on any atom is 0.254 e. The van der Waals surface area contributed by atoms with Crippen LogP contribution in [-0.4, -0.2) is 50.8 Å². The predicted molar refractivity (Wildman–Crippen MR) is 131 cm³/mol. The molecule has 172 valence electrons. The van der Waals surface area contributed by atoms with Crippen molar-refractivity contribution in [3.05, 3.63) is 65.5 Å². The van der Waals surface area contributed by atoms with E-state index in [1.807, 2.05) is 18.5 Å². The van der Waals surface area contributed by atoms with Gasteiger partial charge in [-0.05, 0) is 93.3 Å². The topological polar surface area (TPSA) is 52.2 Å². The minimum atomic E-state index is 0.269. The summed E-state index contributed by atoms with van der Waals surface area (Å²) in [6, 6.07) is 13.4. The van der Waals surface area contributed by atoms with Crippen LogP contribution >= 0.6 is 0 Å². The second-order valence-electron chi connectivity index (χ2n) is 10.3. The molecule has 0 saturated carbocycles. The van der Waals surface area contributed by atoms with Gasteiger partial charge in [-0.2, -0.15) is 0 Å². The minimum absolute atomic E-state index is 0.269. The molecule has 3 aliphatic rings. The molecule has 1 N–H and O–H groups in total. The molecule has 1 amide bonds. The molecule has 2 bridgehead atoms. The number of nitrogens with zero attached hydrogens (tertiary/aromatic N) is 3. The van der Waals surface area contributed by atoms with Crippen LogP contribution < -0.4 is 0 Å². The smallest absolute Gasteiger partial charge is 0.254 e. The predicted octanol–water partition coefficient (Wildman–Crippen LogP) is 5.17. The quantitative estimate of drug-likeness (QED) is 0.593. The van der Waals surface area contributed by atoms with E-state index < -0.39 is 0 Å². The van der Waals surface area contributed by atoms with E-state index in [-0.39, 0.29) is 5.91 Å². The normalized spacial score (nSPS) is 25.6. The summed E-state index contributed by atoms with van der Waals surface area (Å²) >= 11 is 0. The van der Waals surface area contributed by atoms with Crippen LogP contribution in [0.5, 0.6) is 0 Å². The van der Waals surface area contributed by atoms with Gasteiger partial charge in [-0.15, -0.1) is 0 Å². The molecule has 2 aromatic heterocycles. The van der Waals surface area contributed by atoms with Gasteiger partial charge in [0.25, 0.3) is 5.91 Å². The number of pyridine rings is 1. The van der Waals surface area contributed by atoms with Gasteiger partial charge in [-0.3, -0.25) is 9.69 Å². The van der Waals surface area contributed by atoms with Gasteiger partial charge in [0.15, 0.2) is 0 Å². The molecule has 2 atom stereocenters. The fourth-order valence-corrected chi connectivity index (χ4v) is 6.66. The van der Waals surface area contributed by atoms with Crippen LogP contribution in [0, 0.1) is 5.92 Å². The van der Waals surface area contributed by atoms with Crippen molar-refractivity contribution < 1.29 is 4.79 Å². The van der Waals surface area contributed by atoms with E-state index in [0.717, 1.165) is 62.9 Å². The Kier molecular flexibility index (Phi) is 5.67. The zero-order valence-electron chi connectivity index (χ0n) is 19.4. The Bertz CT molecular complexity index is 1120. The van der Waals surface area contributed by atoms with Crippen molar-refractivity contribution in [2.75, 3.05) is 13.1 Å². The molecule has 5 heteroatoms. The number of nitrogens with one attached hydrogen (secondary N) is 1. The Balaban J connectivity index is 1.18. The van der Waals surface area contributed by atoms with E-state index in [2.05, 4.69) is 50.1 Å². The standard InChI is InChI=1S/C28H34N4O/c33-28(26-7-3-2-6-22(26)19-31-14-4-1-5-15-31)32-23-8-9-24(32)18-20(17-23)16-21-10-12-29-27-25(21)11-13-30-27/h2-3,6-7,10-13,20,23-24H,1,4-5,8-9,14-19H2,(H,29,30)/t23-,24-/m0/s1. The number of piperidine rings is 2. The van der Waals surface area contributed by atoms with Crippen molar-refractivity contribution in [2.45, 2.75) is 70.0 Å². The molecule has 3 saturated heterocycles. The number of rotatable bonds is 5. The first-order chi connectivity index (χ1) is 16.3. The van der Waals surface area contributed by atoms with E-state index in [1.54, 1.807) is 0 Å². The lowest BCUT2D eigenvalue weighted by molar-refractivity contribution is 0.0522. The third kappa shape index (κ3) is 4.08. The largest absolute Gasteiger partial charge is 0.346 e. The number of aromatic nitrogens is 2. The highest BCUT2D eigenvalue weighted by atomic mass is 16.2. The van der Waals surface area contributed by atoms with E-state index >= 15 is 0 Å². The number of carbonyl (C=O) groups is 1. The Morgan fingerprint density at radius 1 is 0.970 bits per heavy atom. The first kappa shape index (κ1) is 20.9. The Labute approximate surface area is 196 Å². The average molecular weight is 443 g/mol. The Hall–Kier alpha value is -2.66. The highest BCUT2D eigenvalue weighted by Crippen LogP contribution is 2.41. The number of H-pyrrole nitrogens is 1. The molecule has 3 fully saturated rings. The van der Waals surface area contributed by atoms with Crippen LogP contribution in [0.25, 0.3) is 11.0 Å². The second kappa shape index (κ2) is 8.94. The molecule has 5 heterocycles. The van der Waals surface area contributed by atoms with E-state index in [0.29, 0.717) is 18.0 Å². The number of aromatic amines is 1. The van der Waals surface area contributed by atoms with E-state index in [9.17, 15) is 4.79 Å². The molecule has 33 heavy (non-hydrogen) atoms. The van der Waals surface area contributed by atoms with Gasteiger partial charge in [0.2, 0.25) is 0 Å². The van der Waals surface area contributed by atoms with Crippen LogP contribution in [0.1, 0.15) is 66.4 Å². The summed E-state index contributed by atoms with van der Waals surface area (Å²) in [5.74, 6) is 0.904. The maximum absolute atomic E-state index is 13.8. The molecule has 3 aromatic rings. The molecule has 1 aromatic carbocycles. The van der Waals surface area contributed by atoms with E-state index in [1.165, 1.54) is 35.8 Å². The highest BCUT2D eigenvalue weighted by Gasteiger charge is 2.43.